The van der Waals surface area contributed by atoms with Crippen LogP contribution in [-0.4, -0.2) is 11.2 Å². The lowest BCUT2D eigenvalue weighted by Crippen LogP contribution is -2.14. The van der Waals surface area contributed by atoms with Crippen molar-refractivity contribution in [2.45, 2.75) is 32.5 Å². The molecule has 98 valence electrons. The zero-order valence-electron chi connectivity index (χ0n) is 11.1. The van der Waals surface area contributed by atoms with Gasteiger partial charge in [-0.1, -0.05) is 43.3 Å². The molecule has 3 heteroatoms. The highest BCUT2D eigenvalue weighted by Crippen LogP contribution is 2.34. The molecule has 0 aliphatic carbocycles. The Balaban J connectivity index is 2.59. The van der Waals surface area contributed by atoms with Crippen LogP contribution in [0.15, 0.2) is 36.4 Å². The van der Waals surface area contributed by atoms with Crippen molar-refractivity contribution in [2.24, 2.45) is 0 Å². The molecule has 0 fully saturated rings. The van der Waals surface area contributed by atoms with E-state index in [4.69, 9.17) is 10.00 Å². The van der Waals surface area contributed by atoms with Crippen molar-refractivity contribution in [2.75, 3.05) is 0 Å². The maximum absolute atomic E-state index is 9.86. The first-order chi connectivity index (χ1) is 9.17. The number of benzene rings is 2. The molecule has 2 rings (SSSR count). The van der Waals surface area contributed by atoms with Crippen molar-refractivity contribution in [1.29, 1.82) is 5.26 Å². The maximum atomic E-state index is 9.86. The van der Waals surface area contributed by atoms with Gasteiger partial charge in [0.15, 0.2) is 6.10 Å². The van der Waals surface area contributed by atoms with Gasteiger partial charge in [0.25, 0.3) is 0 Å². The van der Waals surface area contributed by atoms with Crippen LogP contribution in [0.25, 0.3) is 10.8 Å². The molecule has 0 saturated carbocycles. The van der Waals surface area contributed by atoms with Crippen LogP contribution >= 0.6 is 0 Å². The predicted octanol–water partition coefficient (Wildman–Crippen LogP) is 3.57. The van der Waals surface area contributed by atoms with E-state index in [9.17, 15) is 5.11 Å². The van der Waals surface area contributed by atoms with Crippen LogP contribution < -0.4 is 4.74 Å². The predicted molar refractivity (Wildman–Crippen MR) is 74.9 cm³/mol. The molecule has 0 spiro atoms. The van der Waals surface area contributed by atoms with Crippen LogP contribution in [0, 0.1) is 11.3 Å². The van der Waals surface area contributed by atoms with Crippen LogP contribution in [0.2, 0.25) is 0 Å². The summed E-state index contributed by atoms with van der Waals surface area (Å²) >= 11 is 0. The van der Waals surface area contributed by atoms with E-state index in [1.807, 2.05) is 43.3 Å². The van der Waals surface area contributed by atoms with Gasteiger partial charge in [-0.25, -0.2) is 0 Å². The highest BCUT2D eigenvalue weighted by atomic mass is 16.5. The minimum absolute atomic E-state index is 0.497. The summed E-state index contributed by atoms with van der Waals surface area (Å²) in [7, 11) is 0. The van der Waals surface area contributed by atoms with Gasteiger partial charge in [0, 0.05) is 10.9 Å². The first-order valence-corrected chi connectivity index (χ1v) is 6.43. The number of nitrogens with zero attached hydrogens (tertiary/aromatic N) is 1. The Labute approximate surface area is 113 Å². The fourth-order valence-electron chi connectivity index (χ4n) is 2.06. The van der Waals surface area contributed by atoms with E-state index in [0.29, 0.717) is 17.7 Å². The zero-order chi connectivity index (χ0) is 13.8. The lowest BCUT2D eigenvalue weighted by Gasteiger charge is -2.18. The van der Waals surface area contributed by atoms with Gasteiger partial charge in [-0.3, -0.25) is 0 Å². The van der Waals surface area contributed by atoms with Gasteiger partial charge in [-0.2, -0.15) is 5.26 Å². The number of hydrogen-bond donors (Lipinski definition) is 1. The molecule has 2 aromatic carbocycles. The molecular weight excluding hydrogens is 238 g/mol. The minimum atomic E-state index is -0.629. The summed E-state index contributed by atoms with van der Waals surface area (Å²) in [5, 5.41) is 20.9. The molecule has 2 unspecified atom stereocenters. The molecule has 3 nitrogen and oxygen atoms in total. The van der Waals surface area contributed by atoms with E-state index < -0.39 is 12.2 Å². The molecular formula is C16H17NO2. The molecule has 0 aromatic heterocycles. The van der Waals surface area contributed by atoms with Gasteiger partial charge in [0.05, 0.1) is 6.10 Å². The molecule has 0 amide bonds. The molecule has 0 saturated heterocycles. The Morgan fingerprint density at radius 1 is 1.26 bits per heavy atom. The summed E-state index contributed by atoms with van der Waals surface area (Å²) in [5.41, 5.74) is 0.715. The van der Waals surface area contributed by atoms with E-state index in [-0.39, 0.29) is 0 Å². The lowest BCUT2D eigenvalue weighted by atomic mass is 10.0. The second-order valence-electron chi connectivity index (χ2n) is 4.52. The number of aliphatic hydroxyl groups excluding tert-OH is 1. The first kappa shape index (κ1) is 13.4. The monoisotopic (exact) mass is 255 g/mol. The SMILES string of the molecule is CCC(C#N)Oc1c(C(C)O)ccc2ccccc12. The van der Waals surface area contributed by atoms with Crippen LogP contribution in [-0.2, 0) is 0 Å². The Bertz CT molecular complexity index is 614. The average molecular weight is 255 g/mol. The number of ether oxygens (including phenoxy) is 1. The largest absolute Gasteiger partial charge is 0.475 e. The van der Waals surface area contributed by atoms with Crippen LogP contribution in [0.3, 0.4) is 0 Å². The van der Waals surface area contributed by atoms with Gasteiger partial charge in [0.1, 0.15) is 11.8 Å². The zero-order valence-corrected chi connectivity index (χ0v) is 11.1. The fourth-order valence-corrected chi connectivity index (χ4v) is 2.06. The normalized spacial score (nSPS) is 13.8. The summed E-state index contributed by atoms with van der Waals surface area (Å²) in [5.74, 6) is 0.613. The quantitative estimate of drug-likeness (QED) is 0.908. The van der Waals surface area contributed by atoms with Crippen molar-refractivity contribution in [3.05, 3.63) is 42.0 Å². The Morgan fingerprint density at radius 2 is 2.00 bits per heavy atom. The maximum Gasteiger partial charge on any atom is 0.184 e. The molecule has 1 N–H and O–H groups in total. The van der Waals surface area contributed by atoms with Crippen LogP contribution in [0.4, 0.5) is 0 Å². The van der Waals surface area contributed by atoms with Crippen molar-refractivity contribution < 1.29 is 9.84 Å². The first-order valence-electron chi connectivity index (χ1n) is 6.43. The van der Waals surface area contributed by atoms with Gasteiger partial charge in [-0.15, -0.1) is 0 Å². The van der Waals surface area contributed by atoms with Gasteiger partial charge in [0.2, 0.25) is 0 Å². The highest BCUT2D eigenvalue weighted by Gasteiger charge is 2.16. The van der Waals surface area contributed by atoms with E-state index in [0.717, 1.165) is 10.8 Å². The molecule has 0 aliphatic rings. The smallest absolute Gasteiger partial charge is 0.184 e. The Kier molecular flexibility index (Phi) is 4.03. The second-order valence-corrected chi connectivity index (χ2v) is 4.52. The van der Waals surface area contributed by atoms with Crippen molar-refractivity contribution >= 4 is 10.8 Å². The fraction of sp³-hybridized carbons (Fsp3) is 0.312. The van der Waals surface area contributed by atoms with Crippen LogP contribution in [0.1, 0.15) is 31.9 Å². The molecule has 19 heavy (non-hydrogen) atoms. The standard InChI is InChI=1S/C16H17NO2/c1-3-13(10-17)19-16-14(11(2)18)9-8-12-6-4-5-7-15(12)16/h4-9,11,13,18H,3H2,1-2H3. The van der Waals surface area contributed by atoms with Crippen LogP contribution in [0.5, 0.6) is 5.75 Å². The van der Waals surface area contributed by atoms with E-state index in [2.05, 4.69) is 6.07 Å². The Hall–Kier alpha value is -2.05. The number of fused-ring (bicyclic) bond motifs is 1. The number of aliphatic hydroxyl groups is 1. The number of rotatable bonds is 4. The molecule has 2 aromatic rings. The van der Waals surface area contributed by atoms with E-state index in [1.165, 1.54) is 0 Å². The molecule has 0 bridgehead atoms. The van der Waals surface area contributed by atoms with Crippen molar-refractivity contribution in [1.82, 2.24) is 0 Å². The summed E-state index contributed by atoms with van der Waals surface area (Å²) in [6, 6.07) is 13.7. The molecule has 0 aliphatic heterocycles. The lowest BCUT2D eigenvalue weighted by molar-refractivity contribution is 0.186. The summed E-state index contributed by atoms with van der Waals surface area (Å²) < 4.78 is 5.80. The summed E-state index contributed by atoms with van der Waals surface area (Å²) in [6.45, 7) is 3.60. The highest BCUT2D eigenvalue weighted by molar-refractivity contribution is 5.89. The minimum Gasteiger partial charge on any atom is -0.475 e. The number of hydrogen-bond acceptors (Lipinski definition) is 3. The van der Waals surface area contributed by atoms with Gasteiger partial charge < -0.3 is 9.84 Å². The third-order valence-corrected chi connectivity index (χ3v) is 3.14. The third kappa shape index (κ3) is 2.69. The molecule has 0 radical (unpaired) electrons. The molecule has 2 atom stereocenters. The summed E-state index contributed by atoms with van der Waals surface area (Å²) in [6.07, 6.45) is -0.516. The molecule has 0 heterocycles. The second kappa shape index (κ2) is 5.73. The van der Waals surface area contributed by atoms with Crippen molar-refractivity contribution in [3.8, 4) is 11.8 Å². The van der Waals surface area contributed by atoms with Gasteiger partial charge >= 0.3 is 0 Å². The van der Waals surface area contributed by atoms with Gasteiger partial charge in [-0.05, 0) is 18.7 Å². The summed E-state index contributed by atoms with van der Waals surface area (Å²) in [4.78, 5) is 0. The number of nitriles is 1. The van der Waals surface area contributed by atoms with E-state index in [1.54, 1.807) is 6.92 Å². The van der Waals surface area contributed by atoms with Crippen molar-refractivity contribution in [3.63, 3.8) is 0 Å². The topological polar surface area (TPSA) is 53.2 Å². The third-order valence-electron chi connectivity index (χ3n) is 3.14. The average Bonchev–Trinajstić information content (AvgIpc) is 2.44. The Morgan fingerprint density at radius 3 is 2.63 bits per heavy atom. The van der Waals surface area contributed by atoms with E-state index >= 15 is 0 Å².